The molecule has 5 nitrogen and oxygen atoms in total. The molecule has 0 aliphatic rings. The molecule has 0 saturated heterocycles. The van der Waals surface area contributed by atoms with Crippen molar-refractivity contribution in [1.82, 2.24) is 9.78 Å². The molecule has 2 aromatic rings. The van der Waals surface area contributed by atoms with Crippen LogP contribution in [0.2, 0.25) is 0 Å². The third-order valence-electron chi connectivity index (χ3n) is 3.54. The van der Waals surface area contributed by atoms with Gasteiger partial charge < -0.3 is 10.4 Å². The number of hydrogen-bond acceptors (Lipinski definition) is 3. The van der Waals surface area contributed by atoms with Gasteiger partial charge in [-0.15, -0.1) is 0 Å². The van der Waals surface area contributed by atoms with Gasteiger partial charge in [-0.3, -0.25) is 4.68 Å². The van der Waals surface area contributed by atoms with Gasteiger partial charge in [-0.05, 0) is 24.0 Å². The molecular weight excluding hydrogens is 266 g/mol. The summed E-state index contributed by atoms with van der Waals surface area (Å²) in [6, 6.07) is 8.33. The van der Waals surface area contributed by atoms with E-state index in [-0.39, 0.29) is 5.56 Å². The molecule has 0 amide bonds. The Hall–Kier alpha value is -2.30. The van der Waals surface area contributed by atoms with E-state index in [9.17, 15) is 9.90 Å². The molecule has 1 aromatic carbocycles. The minimum absolute atomic E-state index is 0.233. The lowest BCUT2D eigenvalue weighted by molar-refractivity contribution is 0.0697. The molecule has 0 unspecified atom stereocenters. The number of hydrogen-bond donors (Lipinski definition) is 2. The fourth-order valence-corrected chi connectivity index (χ4v) is 2.32. The number of carboxylic acid groups (broad SMARTS) is 1. The summed E-state index contributed by atoms with van der Waals surface area (Å²) >= 11 is 0. The Balaban J connectivity index is 2.15. The quantitative estimate of drug-likeness (QED) is 0.886. The zero-order chi connectivity index (χ0) is 15.6. The van der Waals surface area contributed by atoms with Crippen LogP contribution >= 0.6 is 0 Å². The normalized spacial score (nSPS) is 10.9. The smallest absolute Gasteiger partial charge is 0.341 e. The Morgan fingerprint density at radius 3 is 2.48 bits per heavy atom. The van der Waals surface area contributed by atoms with Crippen molar-refractivity contribution in [2.24, 2.45) is 7.05 Å². The second kappa shape index (κ2) is 5.99. The summed E-state index contributed by atoms with van der Waals surface area (Å²) in [5.74, 6) is 0.0801. The molecule has 0 fully saturated rings. The molecule has 0 atom stereocenters. The lowest BCUT2D eigenvalue weighted by Crippen LogP contribution is -2.09. The van der Waals surface area contributed by atoms with Crippen LogP contribution in [0.25, 0.3) is 0 Å². The SMILES string of the molecule is Cc1nn(C)c(NCc2ccc(C(C)C)cc2)c1C(=O)O. The molecule has 0 aliphatic heterocycles. The van der Waals surface area contributed by atoms with E-state index in [1.807, 2.05) is 0 Å². The predicted molar refractivity (Wildman–Crippen MR) is 82.8 cm³/mol. The fourth-order valence-electron chi connectivity index (χ4n) is 2.32. The Bertz CT molecular complexity index is 642. The molecule has 0 spiro atoms. The van der Waals surface area contributed by atoms with Crippen LogP contribution in [0.1, 0.15) is 46.9 Å². The predicted octanol–water partition coefficient (Wildman–Crippen LogP) is 3.16. The van der Waals surface area contributed by atoms with Crippen molar-refractivity contribution in [3.05, 3.63) is 46.6 Å². The van der Waals surface area contributed by atoms with Gasteiger partial charge in [-0.1, -0.05) is 38.1 Å². The van der Waals surface area contributed by atoms with Crippen molar-refractivity contribution in [1.29, 1.82) is 0 Å². The Morgan fingerprint density at radius 1 is 1.33 bits per heavy atom. The average Bonchev–Trinajstić information content (AvgIpc) is 2.71. The number of carboxylic acids is 1. The molecule has 5 heteroatoms. The summed E-state index contributed by atoms with van der Waals surface area (Å²) in [6.45, 7) is 6.58. The van der Waals surface area contributed by atoms with E-state index < -0.39 is 5.97 Å². The van der Waals surface area contributed by atoms with Gasteiger partial charge in [0.15, 0.2) is 0 Å². The zero-order valence-electron chi connectivity index (χ0n) is 12.8. The monoisotopic (exact) mass is 287 g/mol. The topological polar surface area (TPSA) is 67.2 Å². The summed E-state index contributed by atoms with van der Waals surface area (Å²) in [7, 11) is 1.74. The fraction of sp³-hybridized carbons (Fsp3) is 0.375. The minimum Gasteiger partial charge on any atom is -0.477 e. The molecule has 112 valence electrons. The van der Waals surface area contributed by atoms with E-state index in [0.717, 1.165) is 5.56 Å². The number of aryl methyl sites for hydroxylation is 2. The Kier molecular flexibility index (Phi) is 4.31. The molecule has 0 radical (unpaired) electrons. The molecule has 1 heterocycles. The third kappa shape index (κ3) is 3.24. The van der Waals surface area contributed by atoms with Crippen LogP contribution in [0.3, 0.4) is 0 Å². The van der Waals surface area contributed by atoms with Crippen molar-refractivity contribution < 1.29 is 9.90 Å². The molecule has 1 aromatic heterocycles. The largest absolute Gasteiger partial charge is 0.477 e. The maximum absolute atomic E-state index is 11.3. The lowest BCUT2D eigenvalue weighted by Gasteiger charge is -2.10. The number of carbonyl (C=O) groups is 1. The first-order chi connectivity index (χ1) is 9.90. The van der Waals surface area contributed by atoms with Crippen molar-refractivity contribution in [3.8, 4) is 0 Å². The van der Waals surface area contributed by atoms with Crippen LogP contribution in [0.15, 0.2) is 24.3 Å². The highest BCUT2D eigenvalue weighted by molar-refractivity contribution is 5.94. The van der Waals surface area contributed by atoms with E-state index >= 15 is 0 Å². The van der Waals surface area contributed by atoms with E-state index in [1.165, 1.54) is 5.56 Å². The van der Waals surface area contributed by atoms with Gasteiger partial charge in [-0.2, -0.15) is 5.10 Å². The molecule has 0 bridgehead atoms. The Morgan fingerprint density at radius 2 is 1.95 bits per heavy atom. The van der Waals surface area contributed by atoms with Gasteiger partial charge in [0.25, 0.3) is 0 Å². The van der Waals surface area contributed by atoms with Gasteiger partial charge >= 0.3 is 5.97 Å². The summed E-state index contributed by atoms with van der Waals surface area (Å²) in [5.41, 5.74) is 3.15. The van der Waals surface area contributed by atoms with E-state index in [4.69, 9.17) is 0 Å². The number of rotatable bonds is 5. The zero-order valence-corrected chi connectivity index (χ0v) is 12.8. The highest BCUT2D eigenvalue weighted by atomic mass is 16.4. The molecule has 2 N–H and O–H groups in total. The van der Waals surface area contributed by atoms with Crippen LogP contribution < -0.4 is 5.32 Å². The first-order valence-corrected chi connectivity index (χ1v) is 6.99. The van der Waals surface area contributed by atoms with Gasteiger partial charge in [-0.25, -0.2) is 4.79 Å². The highest BCUT2D eigenvalue weighted by Crippen LogP contribution is 2.20. The second-order valence-corrected chi connectivity index (χ2v) is 5.49. The summed E-state index contributed by atoms with van der Waals surface area (Å²) < 4.78 is 1.57. The summed E-state index contributed by atoms with van der Waals surface area (Å²) in [4.78, 5) is 11.3. The van der Waals surface area contributed by atoms with Gasteiger partial charge in [0.1, 0.15) is 11.4 Å². The molecular formula is C16H21N3O2. The number of aromatic carboxylic acids is 1. The van der Waals surface area contributed by atoms with E-state index in [1.54, 1.807) is 18.7 Å². The molecule has 2 rings (SSSR count). The van der Waals surface area contributed by atoms with Crippen LogP contribution in [-0.2, 0) is 13.6 Å². The number of anilines is 1. The van der Waals surface area contributed by atoms with Crippen molar-refractivity contribution in [2.45, 2.75) is 33.2 Å². The van der Waals surface area contributed by atoms with E-state index in [2.05, 4.69) is 48.5 Å². The van der Waals surface area contributed by atoms with Crippen LogP contribution in [0.4, 0.5) is 5.82 Å². The maximum Gasteiger partial charge on any atom is 0.341 e. The van der Waals surface area contributed by atoms with Gasteiger partial charge in [0.2, 0.25) is 0 Å². The first-order valence-electron chi connectivity index (χ1n) is 6.99. The van der Waals surface area contributed by atoms with Crippen molar-refractivity contribution >= 4 is 11.8 Å². The second-order valence-electron chi connectivity index (χ2n) is 5.49. The molecule has 0 aliphatic carbocycles. The summed E-state index contributed by atoms with van der Waals surface area (Å²) in [6.07, 6.45) is 0. The van der Waals surface area contributed by atoms with Crippen LogP contribution in [0, 0.1) is 6.92 Å². The number of nitrogens with one attached hydrogen (secondary N) is 1. The van der Waals surface area contributed by atoms with E-state index in [0.29, 0.717) is 24.0 Å². The number of benzene rings is 1. The third-order valence-corrected chi connectivity index (χ3v) is 3.54. The van der Waals surface area contributed by atoms with Gasteiger partial charge in [0, 0.05) is 13.6 Å². The first kappa shape index (κ1) is 15.1. The van der Waals surface area contributed by atoms with Crippen LogP contribution in [0.5, 0.6) is 0 Å². The average molecular weight is 287 g/mol. The standard InChI is InChI=1S/C16H21N3O2/c1-10(2)13-7-5-12(6-8-13)9-17-15-14(16(20)21)11(3)18-19(15)4/h5-8,10,17H,9H2,1-4H3,(H,20,21). The molecule has 21 heavy (non-hydrogen) atoms. The van der Waals surface area contributed by atoms with Crippen molar-refractivity contribution in [3.63, 3.8) is 0 Å². The summed E-state index contributed by atoms with van der Waals surface area (Å²) in [5, 5.41) is 16.6. The minimum atomic E-state index is -0.960. The number of nitrogens with zero attached hydrogens (tertiary/aromatic N) is 2. The van der Waals surface area contributed by atoms with Crippen LogP contribution in [-0.4, -0.2) is 20.9 Å². The van der Waals surface area contributed by atoms with Crippen molar-refractivity contribution in [2.75, 3.05) is 5.32 Å². The number of aromatic nitrogens is 2. The Labute approximate surface area is 124 Å². The molecule has 0 saturated carbocycles. The highest BCUT2D eigenvalue weighted by Gasteiger charge is 2.19. The van der Waals surface area contributed by atoms with Gasteiger partial charge in [0.05, 0.1) is 5.69 Å². The maximum atomic E-state index is 11.3. The lowest BCUT2D eigenvalue weighted by atomic mass is 10.0.